The van der Waals surface area contributed by atoms with E-state index in [1.807, 2.05) is 13.8 Å². The number of carbonyl (C=O) groups is 1. The fourth-order valence-corrected chi connectivity index (χ4v) is 2.86. The lowest BCUT2D eigenvalue weighted by Crippen LogP contribution is -2.47. The molecule has 4 nitrogen and oxygen atoms in total. The Morgan fingerprint density at radius 2 is 1.96 bits per heavy atom. The van der Waals surface area contributed by atoms with Crippen LogP contribution in [0.15, 0.2) is 18.2 Å². The van der Waals surface area contributed by atoms with Crippen molar-refractivity contribution >= 4 is 5.91 Å². The summed E-state index contributed by atoms with van der Waals surface area (Å²) in [6.45, 7) is 7.20. The number of morpholine rings is 1. The number of ether oxygens (including phenoxy) is 1. The van der Waals surface area contributed by atoms with Gasteiger partial charge in [-0.2, -0.15) is 0 Å². The predicted molar refractivity (Wildman–Crippen MR) is 84.1 cm³/mol. The number of hydrogen-bond acceptors (Lipinski definition) is 3. The van der Waals surface area contributed by atoms with E-state index < -0.39 is 11.6 Å². The molecule has 128 valence electrons. The van der Waals surface area contributed by atoms with Gasteiger partial charge in [0, 0.05) is 32.6 Å². The smallest absolute Gasteiger partial charge is 0.220 e. The highest BCUT2D eigenvalue weighted by molar-refractivity contribution is 5.76. The Labute approximate surface area is 135 Å². The van der Waals surface area contributed by atoms with E-state index in [2.05, 4.69) is 10.2 Å². The second-order valence-electron chi connectivity index (χ2n) is 6.12. The van der Waals surface area contributed by atoms with Crippen molar-refractivity contribution in [3.63, 3.8) is 0 Å². The zero-order chi connectivity index (χ0) is 16.8. The summed E-state index contributed by atoms with van der Waals surface area (Å²) in [6, 6.07) is 3.73. The van der Waals surface area contributed by atoms with Gasteiger partial charge in [-0.3, -0.25) is 9.69 Å². The Kier molecular flexibility index (Phi) is 6.47. The van der Waals surface area contributed by atoms with Crippen LogP contribution in [0.5, 0.6) is 0 Å². The molecule has 1 fully saturated rings. The lowest BCUT2D eigenvalue weighted by atomic mass is 10.1. The number of amides is 1. The molecule has 1 aromatic carbocycles. The molecule has 1 saturated heterocycles. The highest BCUT2D eigenvalue weighted by atomic mass is 19.2. The average molecular weight is 326 g/mol. The van der Waals surface area contributed by atoms with Crippen molar-refractivity contribution in [2.45, 2.75) is 38.9 Å². The molecule has 0 spiro atoms. The van der Waals surface area contributed by atoms with Gasteiger partial charge < -0.3 is 10.1 Å². The predicted octanol–water partition coefficient (Wildman–Crippen LogP) is 2.12. The molecule has 0 bridgehead atoms. The summed E-state index contributed by atoms with van der Waals surface area (Å²) in [4.78, 5) is 14.1. The van der Waals surface area contributed by atoms with E-state index in [1.54, 1.807) is 0 Å². The molecule has 6 heteroatoms. The molecular formula is C17H24F2N2O2. The van der Waals surface area contributed by atoms with Crippen LogP contribution < -0.4 is 5.32 Å². The first-order valence-corrected chi connectivity index (χ1v) is 8.02. The van der Waals surface area contributed by atoms with Gasteiger partial charge in [-0.25, -0.2) is 8.78 Å². The minimum atomic E-state index is -0.876. The molecule has 2 rings (SSSR count). The van der Waals surface area contributed by atoms with Crippen molar-refractivity contribution in [3.8, 4) is 0 Å². The summed E-state index contributed by atoms with van der Waals surface area (Å²) in [7, 11) is 0. The van der Waals surface area contributed by atoms with Crippen molar-refractivity contribution in [1.29, 1.82) is 0 Å². The first-order valence-electron chi connectivity index (χ1n) is 8.02. The summed E-state index contributed by atoms with van der Waals surface area (Å²) < 4.78 is 31.6. The SMILES string of the molecule is C[C@H]1CN(CCNC(=O)CCc2ccc(F)c(F)c2)C[C@H](C)O1. The highest BCUT2D eigenvalue weighted by Gasteiger charge is 2.21. The normalized spacial score (nSPS) is 22.1. The number of rotatable bonds is 6. The molecule has 1 amide bonds. The number of carbonyl (C=O) groups excluding carboxylic acids is 1. The van der Waals surface area contributed by atoms with Crippen LogP contribution in [-0.4, -0.2) is 49.2 Å². The topological polar surface area (TPSA) is 41.6 Å². The number of nitrogens with zero attached hydrogens (tertiary/aromatic N) is 1. The number of halogens is 2. The first kappa shape index (κ1) is 17.8. The maximum absolute atomic E-state index is 13.1. The quantitative estimate of drug-likeness (QED) is 0.871. The molecule has 0 aromatic heterocycles. The number of benzene rings is 1. The van der Waals surface area contributed by atoms with E-state index in [0.29, 0.717) is 18.5 Å². The maximum atomic E-state index is 13.1. The van der Waals surface area contributed by atoms with Crippen molar-refractivity contribution in [2.24, 2.45) is 0 Å². The molecule has 1 aliphatic heterocycles. The van der Waals surface area contributed by atoms with E-state index in [1.165, 1.54) is 6.07 Å². The van der Waals surface area contributed by atoms with Gasteiger partial charge >= 0.3 is 0 Å². The number of hydrogen-bond donors (Lipinski definition) is 1. The molecule has 1 N–H and O–H groups in total. The van der Waals surface area contributed by atoms with Gasteiger partial charge in [0.1, 0.15) is 0 Å². The Hall–Kier alpha value is -1.53. The van der Waals surface area contributed by atoms with Crippen LogP contribution in [-0.2, 0) is 16.0 Å². The van der Waals surface area contributed by atoms with Crippen LogP contribution >= 0.6 is 0 Å². The van der Waals surface area contributed by atoms with Crippen LogP contribution in [0, 0.1) is 11.6 Å². The minimum Gasteiger partial charge on any atom is -0.373 e. The van der Waals surface area contributed by atoms with Gasteiger partial charge in [0.25, 0.3) is 0 Å². The Balaban J connectivity index is 1.66. The van der Waals surface area contributed by atoms with Crippen molar-refractivity contribution in [1.82, 2.24) is 10.2 Å². The van der Waals surface area contributed by atoms with Crippen LogP contribution in [0.1, 0.15) is 25.8 Å². The molecule has 1 heterocycles. The molecule has 1 aliphatic rings. The zero-order valence-electron chi connectivity index (χ0n) is 13.6. The van der Waals surface area contributed by atoms with Gasteiger partial charge in [-0.05, 0) is 38.0 Å². The van der Waals surface area contributed by atoms with E-state index in [9.17, 15) is 13.6 Å². The van der Waals surface area contributed by atoms with Gasteiger partial charge in [0.15, 0.2) is 11.6 Å². The van der Waals surface area contributed by atoms with Crippen molar-refractivity contribution < 1.29 is 18.3 Å². The standard InChI is InChI=1S/C17H24F2N2O2/c1-12-10-21(11-13(2)23-12)8-7-20-17(22)6-4-14-3-5-15(18)16(19)9-14/h3,5,9,12-13H,4,6-8,10-11H2,1-2H3,(H,20,22)/t12-,13-/m0/s1. The molecule has 2 atom stereocenters. The van der Waals surface area contributed by atoms with E-state index in [-0.39, 0.29) is 24.5 Å². The third-order valence-corrected chi connectivity index (χ3v) is 3.87. The molecule has 0 radical (unpaired) electrons. The third-order valence-electron chi connectivity index (χ3n) is 3.87. The van der Waals surface area contributed by atoms with Gasteiger partial charge in [0.2, 0.25) is 5.91 Å². The Morgan fingerprint density at radius 3 is 2.61 bits per heavy atom. The lowest BCUT2D eigenvalue weighted by molar-refractivity contribution is -0.121. The summed E-state index contributed by atoms with van der Waals surface area (Å²) in [5.74, 6) is -1.82. The summed E-state index contributed by atoms with van der Waals surface area (Å²) in [5.41, 5.74) is 0.620. The minimum absolute atomic E-state index is 0.0795. The van der Waals surface area contributed by atoms with Gasteiger partial charge in [0.05, 0.1) is 12.2 Å². The largest absolute Gasteiger partial charge is 0.373 e. The van der Waals surface area contributed by atoms with E-state index in [0.717, 1.165) is 31.8 Å². The summed E-state index contributed by atoms with van der Waals surface area (Å²) in [5, 5.41) is 2.87. The first-order chi connectivity index (χ1) is 10.9. The van der Waals surface area contributed by atoms with Gasteiger partial charge in [-0.15, -0.1) is 0 Å². The molecular weight excluding hydrogens is 302 g/mol. The van der Waals surface area contributed by atoms with Gasteiger partial charge in [-0.1, -0.05) is 6.07 Å². The van der Waals surface area contributed by atoms with E-state index >= 15 is 0 Å². The highest BCUT2D eigenvalue weighted by Crippen LogP contribution is 2.11. The molecule has 23 heavy (non-hydrogen) atoms. The Bertz CT molecular complexity index is 529. The fraction of sp³-hybridized carbons (Fsp3) is 0.588. The summed E-state index contributed by atoms with van der Waals surface area (Å²) >= 11 is 0. The van der Waals surface area contributed by atoms with Crippen LogP contribution in [0.25, 0.3) is 0 Å². The zero-order valence-corrected chi connectivity index (χ0v) is 13.6. The fourth-order valence-electron chi connectivity index (χ4n) is 2.86. The van der Waals surface area contributed by atoms with Crippen LogP contribution in [0.4, 0.5) is 8.78 Å². The van der Waals surface area contributed by atoms with Crippen LogP contribution in [0.2, 0.25) is 0 Å². The van der Waals surface area contributed by atoms with Crippen molar-refractivity contribution in [2.75, 3.05) is 26.2 Å². The van der Waals surface area contributed by atoms with Crippen molar-refractivity contribution in [3.05, 3.63) is 35.4 Å². The van der Waals surface area contributed by atoms with E-state index in [4.69, 9.17) is 4.74 Å². The molecule has 0 unspecified atom stereocenters. The third kappa shape index (κ3) is 5.88. The molecule has 0 aliphatic carbocycles. The maximum Gasteiger partial charge on any atom is 0.220 e. The van der Waals surface area contributed by atoms with Crippen LogP contribution in [0.3, 0.4) is 0 Å². The number of nitrogens with one attached hydrogen (secondary N) is 1. The number of aryl methyl sites for hydroxylation is 1. The monoisotopic (exact) mass is 326 g/mol. The second-order valence-corrected chi connectivity index (χ2v) is 6.12. The molecule has 0 saturated carbocycles. The second kappa shape index (κ2) is 8.36. The molecule has 1 aromatic rings. The average Bonchev–Trinajstić information content (AvgIpc) is 2.47. The summed E-state index contributed by atoms with van der Waals surface area (Å²) in [6.07, 6.45) is 1.08. The Morgan fingerprint density at radius 1 is 1.26 bits per heavy atom. The lowest BCUT2D eigenvalue weighted by Gasteiger charge is -2.35.